The van der Waals surface area contributed by atoms with Crippen LogP contribution < -0.4 is 0 Å². The third-order valence-electron chi connectivity index (χ3n) is 6.56. The first kappa shape index (κ1) is 24.4. The van der Waals surface area contributed by atoms with E-state index in [2.05, 4.69) is 0 Å². The lowest BCUT2D eigenvalue weighted by atomic mass is 9.80. The number of halogens is 6. The number of hydrogen-bond acceptors (Lipinski definition) is 0. The Morgan fingerprint density at radius 2 is 1.03 bits per heavy atom. The molecule has 0 heterocycles. The predicted molar refractivity (Wildman–Crippen MR) is 122 cm³/mol. The van der Waals surface area contributed by atoms with E-state index in [1.165, 1.54) is 36.4 Å². The van der Waals surface area contributed by atoms with Crippen LogP contribution in [0.5, 0.6) is 0 Å². The summed E-state index contributed by atoms with van der Waals surface area (Å²) in [6.07, 6.45) is -1.07. The largest absolute Gasteiger partial charge is 0.239 e. The van der Waals surface area contributed by atoms with Crippen LogP contribution in [0, 0.1) is 23.3 Å². The molecule has 2 unspecified atom stereocenters. The molecule has 4 rings (SSSR count). The van der Waals surface area contributed by atoms with Crippen LogP contribution in [0.15, 0.2) is 36.4 Å². The lowest BCUT2D eigenvalue weighted by Crippen LogP contribution is -2.16. The van der Waals surface area contributed by atoms with E-state index < -0.39 is 46.7 Å². The predicted octanol–water partition coefficient (Wildman–Crippen LogP) is 9.30. The number of rotatable bonds is 7. The van der Waals surface area contributed by atoms with Crippen LogP contribution in [0.1, 0.15) is 74.1 Å². The Morgan fingerprint density at radius 3 is 1.65 bits per heavy atom. The fourth-order valence-corrected chi connectivity index (χ4v) is 4.76. The molecule has 0 spiro atoms. The second-order valence-corrected chi connectivity index (χ2v) is 8.80. The molecule has 2 atom stereocenters. The molecule has 0 fully saturated rings. The number of unbranched alkanes of at least 4 members (excludes halogenated alkanes) is 2. The minimum atomic E-state index is -2.48. The van der Waals surface area contributed by atoms with E-state index in [1.807, 2.05) is 13.8 Å². The van der Waals surface area contributed by atoms with E-state index in [9.17, 15) is 13.2 Å². The molecular formula is C28H26F6. The van der Waals surface area contributed by atoms with Gasteiger partial charge in [0, 0.05) is 22.3 Å². The normalized spacial score (nSPS) is 16.9. The zero-order chi connectivity index (χ0) is 24.6. The third kappa shape index (κ3) is 4.01. The van der Waals surface area contributed by atoms with Crippen LogP contribution in [-0.4, -0.2) is 0 Å². The van der Waals surface area contributed by atoms with Crippen molar-refractivity contribution in [3.63, 3.8) is 0 Å². The summed E-state index contributed by atoms with van der Waals surface area (Å²) in [5, 5.41) is 0. The maximum Gasteiger partial charge on any atom is 0.167 e. The van der Waals surface area contributed by atoms with E-state index in [0.29, 0.717) is 25.7 Å². The summed E-state index contributed by atoms with van der Waals surface area (Å²) in [5.74, 6) is -4.29. The Labute approximate surface area is 195 Å². The quantitative estimate of drug-likeness (QED) is 0.235. The second kappa shape index (κ2) is 9.85. The van der Waals surface area contributed by atoms with Gasteiger partial charge in [-0.05, 0) is 41.5 Å². The summed E-state index contributed by atoms with van der Waals surface area (Å²) in [4.78, 5) is 0. The molecule has 0 aliphatic heterocycles. The second-order valence-electron chi connectivity index (χ2n) is 8.80. The van der Waals surface area contributed by atoms with Crippen molar-refractivity contribution in [1.82, 2.24) is 0 Å². The zero-order valence-electron chi connectivity index (χ0n) is 19.1. The number of alkyl halides is 2. The van der Waals surface area contributed by atoms with Gasteiger partial charge in [-0.2, -0.15) is 0 Å². The first-order valence-corrected chi connectivity index (χ1v) is 11.7. The van der Waals surface area contributed by atoms with Crippen molar-refractivity contribution in [2.45, 2.75) is 64.7 Å². The van der Waals surface area contributed by atoms with Crippen molar-refractivity contribution in [3.05, 3.63) is 81.9 Å². The van der Waals surface area contributed by atoms with Crippen molar-refractivity contribution >= 4 is 0 Å². The maximum absolute atomic E-state index is 15.5. The van der Waals surface area contributed by atoms with Gasteiger partial charge in [0.1, 0.15) is 11.6 Å². The highest BCUT2D eigenvalue weighted by Gasteiger charge is 2.40. The van der Waals surface area contributed by atoms with Crippen LogP contribution in [0.25, 0.3) is 22.3 Å². The average Bonchev–Trinajstić information content (AvgIpc) is 2.82. The Balaban J connectivity index is 1.82. The van der Waals surface area contributed by atoms with Gasteiger partial charge in [0.25, 0.3) is 0 Å². The van der Waals surface area contributed by atoms with Crippen LogP contribution in [0.2, 0.25) is 0 Å². The minimum Gasteiger partial charge on any atom is -0.239 e. The van der Waals surface area contributed by atoms with Gasteiger partial charge in [-0.25, -0.2) is 26.3 Å². The van der Waals surface area contributed by atoms with Crippen molar-refractivity contribution in [3.8, 4) is 22.3 Å². The molecule has 1 aliphatic rings. The summed E-state index contributed by atoms with van der Waals surface area (Å²) in [6.45, 7) is 3.84. The van der Waals surface area contributed by atoms with Gasteiger partial charge in [-0.1, -0.05) is 69.5 Å². The summed E-state index contributed by atoms with van der Waals surface area (Å²) in [5.41, 5.74) is -1.22. The standard InChI is InChI=1S/C28H26F6/c1-3-5-6-8-16-10-12-20(26(32)24(16)30)19-14-13-18-17-11-9-15(7-4-2)23(29)21(17)27(33)28(34)22(18)25(19)31/h9-14,27-28H,3-8H2,1-2H3. The summed E-state index contributed by atoms with van der Waals surface area (Å²) < 4.78 is 90.3. The summed E-state index contributed by atoms with van der Waals surface area (Å²) in [7, 11) is 0. The molecule has 180 valence electrons. The fourth-order valence-electron chi connectivity index (χ4n) is 4.76. The molecule has 0 radical (unpaired) electrons. The highest BCUT2D eigenvalue weighted by molar-refractivity contribution is 5.79. The van der Waals surface area contributed by atoms with E-state index in [1.54, 1.807) is 0 Å². The van der Waals surface area contributed by atoms with Crippen LogP contribution in [-0.2, 0) is 12.8 Å². The van der Waals surface area contributed by atoms with Crippen molar-refractivity contribution in [2.75, 3.05) is 0 Å². The third-order valence-corrected chi connectivity index (χ3v) is 6.56. The fraction of sp³-hybridized carbons (Fsp3) is 0.357. The lowest BCUT2D eigenvalue weighted by molar-refractivity contribution is 0.160. The molecular weight excluding hydrogens is 450 g/mol. The van der Waals surface area contributed by atoms with Crippen molar-refractivity contribution in [1.29, 1.82) is 0 Å². The zero-order valence-corrected chi connectivity index (χ0v) is 19.1. The van der Waals surface area contributed by atoms with E-state index in [-0.39, 0.29) is 33.4 Å². The SMILES string of the molecule is CCCCCc1ccc(-c2ccc3c(c2F)C(F)C(F)c2c-3ccc(CCC)c2F)c(F)c1F. The lowest BCUT2D eigenvalue weighted by Gasteiger charge is -2.28. The van der Waals surface area contributed by atoms with E-state index in [4.69, 9.17) is 0 Å². The smallest absolute Gasteiger partial charge is 0.167 e. The monoisotopic (exact) mass is 476 g/mol. The van der Waals surface area contributed by atoms with Crippen molar-refractivity contribution in [2.24, 2.45) is 0 Å². The number of hydrogen-bond donors (Lipinski definition) is 0. The Bertz CT molecular complexity index is 1220. The van der Waals surface area contributed by atoms with E-state index in [0.717, 1.165) is 12.8 Å². The molecule has 34 heavy (non-hydrogen) atoms. The molecule has 0 amide bonds. The molecule has 3 aromatic rings. The summed E-state index contributed by atoms with van der Waals surface area (Å²) in [6, 6.07) is 8.13. The number of fused-ring (bicyclic) bond motifs is 3. The Hall–Kier alpha value is -2.76. The van der Waals surface area contributed by atoms with Gasteiger partial charge >= 0.3 is 0 Å². The number of benzene rings is 3. The first-order chi connectivity index (χ1) is 16.3. The van der Waals surface area contributed by atoms with E-state index >= 15 is 13.2 Å². The number of aryl methyl sites for hydroxylation is 2. The molecule has 0 N–H and O–H groups in total. The van der Waals surface area contributed by atoms with Crippen LogP contribution >= 0.6 is 0 Å². The summed E-state index contributed by atoms with van der Waals surface area (Å²) >= 11 is 0. The average molecular weight is 477 g/mol. The van der Waals surface area contributed by atoms with Gasteiger partial charge in [0.2, 0.25) is 0 Å². The molecule has 6 heteroatoms. The van der Waals surface area contributed by atoms with Crippen LogP contribution in [0.3, 0.4) is 0 Å². The molecule has 0 saturated carbocycles. The highest BCUT2D eigenvalue weighted by Crippen LogP contribution is 2.52. The van der Waals surface area contributed by atoms with Gasteiger partial charge in [-0.15, -0.1) is 0 Å². The van der Waals surface area contributed by atoms with Crippen LogP contribution in [0.4, 0.5) is 26.3 Å². The first-order valence-electron chi connectivity index (χ1n) is 11.7. The van der Waals surface area contributed by atoms with Crippen molar-refractivity contribution < 1.29 is 26.3 Å². The molecule has 0 nitrogen and oxygen atoms in total. The highest BCUT2D eigenvalue weighted by atomic mass is 19.2. The topological polar surface area (TPSA) is 0 Å². The molecule has 0 aromatic heterocycles. The maximum atomic E-state index is 15.5. The molecule has 0 bridgehead atoms. The molecule has 1 aliphatic carbocycles. The Morgan fingerprint density at radius 1 is 0.529 bits per heavy atom. The molecule has 0 saturated heterocycles. The van der Waals surface area contributed by atoms with Gasteiger partial charge in [0.05, 0.1) is 0 Å². The van der Waals surface area contributed by atoms with Gasteiger partial charge < -0.3 is 0 Å². The van der Waals surface area contributed by atoms with Gasteiger partial charge in [0.15, 0.2) is 24.0 Å². The molecule has 3 aromatic carbocycles. The van der Waals surface area contributed by atoms with Gasteiger partial charge in [-0.3, -0.25) is 0 Å². The minimum absolute atomic E-state index is 0.0108. The Kier molecular flexibility index (Phi) is 7.06.